The summed E-state index contributed by atoms with van der Waals surface area (Å²) in [7, 11) is 0. The number of hydrogen-bond acceptors (Lipinski definition) is 3. The van der Waals surface area contributed by atoms with Crippen LogP contribution in [0.25, 0.3) is 10.9 Å². The van der Waals surface area contributed by atoms with E-state index in [1.165, 1.54) is 0 Å². The van der Waals surface area contributed by atoms with E-state index in [0.717, 1.165) is 35.0 Å². The molecule has 1 aliphatic rings. The standard InChI is InChI=1S/C22H25N5O2/c1-15-7-8-19-18(13-15)20(26-25-19)21(28)23-14-16-9-11-27(12-10-16)22(29)24-17-5-3-2-4-6-17/h2-8,13,16H,9-12,14H2,1H3,(H,23,28)(H,24,29)(H,25,26). The zero-order valence-electron chi connectivity index (χ0n) is 16.4. The Morgan fingerprint density at radius 2 is 1.90 bits per heavy atom. The van der Waals surface area contributed by atoms with Crippen LogP contribution in [-0.2, 0) is 0 Å². The number of rotatable bonds is 4. The van der Waals surface area contributed by atoms with Crippen molar-refractivity contribution in [2.75, 3.05) is 25.0 Å². The minimum atomic E-state index is -0.161. The third-order valence-corrected chi connectivity index (χ3v) is 5.41. The van der Waals surface area contributed by atoms with Gasteiger partial charge in [0.1, 0.15) is 0 Å². The highest BCUT2D eigenvalue weighted by atomic mass is 16.2. The molecule has 1 saturated heterocycles. The molecule has 150 valence electrons. The van der Waals surface area contributed by atoms with E-state index in [9.17, 15) is 9.59 Å². The van der Waals surface area contributed by atoms with Crippen molar-refractivity contribution in [1.29, 1.82) is 0 Å². The number of amides is 3. The molecule has 3 amide bonds. The van der Waals surface area contributed by atoms with Gasteiger partial charge >= 0.3 is 6.03 Å². The first kappa shape index (κ1) is 19.0. The predicted molar refractivity (Wildman–Crippen MR) is 113 cm³/mol. The van der Waals surface area contributed by atoms with Crippen LogP contribution >= 0.6 is 0 Å². The maximum absolute atomic E-state index is 12.6. The number of aromatic amines is 1. The Morgan fingerprint density at radius 1 is 1.14 bits per heavy atom. The smallest absolute Gasteiger partial charge is 0.321 e. The van der Waals surface area contributed by atoms with Crippen LogP contribution in [0.15, 0.2) is 48.5 Å². The number of H-pyrrole nitrogens is 1. The minimum absolute atomic E-state index is 0.0722. The second-order valence-electron chi connectivity index (χ2n) is 7.56. The van der Waals surface area contributed by atoms with Gasteiger partial charge < -0.3 is 15.5 Å². The van der Waals surface area contributed by atoms with Gasteiger partial charge in [-0.3, -0.25) is 9.89 Å². The van der Waals surface area contributed by atoms with Crippen LogP contribution < -0.4 is 10.6 Å². The number of likely N-dealkylation sites (tertiary alicyclic amines) is 1. The van der Waals surface area contributed by atoms with Crippen LogP contribution in [0.2, 0.25) is 0 Å². The van der Waals surface area contributed by atoms with Crippen molar-refractivity contribution in [3.63, 3.8) is 0 Å². The lowest BCUT2D eigenvalue weighted by atomic mass is 9.97. The zero-order chi connectivity index (χ0) is 20.2. The van der Waals surface area contributed by atoms with E-state index >= 15 is 0 Å². The number of hydrogen-bond donors (Lipinski definition) is 3. The number of urea groups is 1. The summed E-state index contributed by atoms with van der Waals surface area (Å²) in [4.78, 5) is 26.8. The van der Waals surface area contributed by atoms with Crippen molar-refractivity contribution in [2.24, 2.45) is 5.92 Å². The van der Waals surface area contributed by atoms with E-state index in [2.05, 4.69) is 20.8 Å². The van der Waals surface area contributed by atoms with E-state index in [-0.39, 0.29) is 11.9 Å². The van der Waals surface area contributed by atoms with E-state index in [0.29, 0.717) is 31.2 Å². The maximum Gasteiger partial charge on any atom is 0.321 e. The SMILES string of the molecule is Cc1ccc2[nH]nc(C(=O)NCC3CCN(C(=O)Nc4ccccc4)CC3)c2c1. The van der Waals surface area contributed by atoms with Crippen molar-refractivity contribution in [2.45, 2.75) is 19.8 Å². The van der Waals surface area contributed by atoms with Gasteiger partial charge in [-0.05, 0) is 49.9 Å². The number of benzene rings is 2. The quantitative estimate of drug-likeness (QED) is 0.635. The van der Waals surface area contributed by atoms with Crippen molar-refractivity contribution >= 4 is 28.5 Å². The Morgan fingerprint density at radius 3 is 2.66 bits per heavy atom. The Labute approximate surface area is 169 Å². The maximum atomic E-state index is 12.6. The summed E-state index contributed by atoms with van der Waals surface area (Å²) in [6.07, 6.45) is 1.73. The predicted octanol–water partition coefficient (Wildman–Crippen LogP) is 3.55. The van der Waals surface area contributed by atoms with Gasteiger partial charge in [-0.15, -0.1) is 0 Å². The summed E-state index contributed by atoms with van der Waals surface area (Å²) >= 11 is 0. The molecule has 1 aromatic heterocycles. The highest BCUT2D eigenvalue weighted by molar-refractivity contribution is 6.04. The number of piperidine rings is 1. The lowest BCUT2D eigenvalue weighted by Gasteiger charge is -2.32. The van der Waals surface area contributed by atoms with Crippen molar-refractivity contribution in [3.8, 4) is 0 Å². The molecule has 7 nitrogen and oxygen atoms in total. The molecule has 0 radical (unpaired) electrons. The summed E-state index contributed by atoms with van der Waals surface area (Å²) in [6, 6.07) is 15.3. The molecule has 1 fully saturated rings. The Hall–Kier alpha value is -3.35. The van der Waals surface area contributed by atoms with Gasteiger partial charge in [0, 0.05) is 30.7 Å². The molecular weight excluding hydrogens is 366 g/mol. The summed E-state index contributed by atoms with van der Waals surface area (Å²) in [5, 5.41) is 13.9. The molecule has 3 N–H and O–H groups in total. The Balaban J connectivity index is 1.27. The number of anilines is 1. The number of carbonyl (C=O) groups excluding carboxylic acids is 2. The average molecular weight is 391 g/mol. The average Bonchev–Trinajstić information content (AvgIpc) is 3.16. The monoisotopic (exact) mass is 391 g/mol. The molecule has 4 rings (SSSR count). The van der Waals surface area contributed by atoms with Crippen molar-refractivity contribution in [3.05, 3.63) is 59.8 Å². The number of para-hydroxylation sites is 1. The number of carbonyl (C=O) groups is 2. The molecule has 3 aromatic rings. The lowest BCUT2D eigenvalue weighted by Crippen LogP contribution is -2.43. The normalized spacial score (nSPS) is 14.7. The summed E-state index contributed by atoms with van der Waals surface area (Å²) in [6.45, 7) is 3.95. The van der Waals surface area contributed by atoms with Crippen LogP contribution in [0.5, 0.6) is 0 Å². The lowest BCUT2D eigenvalue weighted by molar-refractivity contribution is 0.0935. The molecular formula is C22H25N5O2. The van der Waals surface area contributed by atoms with Gasteiger partial charge in [0.25, 0.3) is 5.91 Å². The molecule has 2 aromatic carbocycles. The molecule has 0 saturated carbocycles. The molecule has 0 atom stereocenters. The number of nitrogens with zero attached hydrogens (tertiary/aromatic N) is 2. The van der Waals surface area contributed by atoms with Gasteiger partial charge in [-0.2, -0.15) is 5.10 Å². The first-order chi connectivity index (χ1) is 14.1. The van der Waals surface area contributed by atoms with E-state index < -0.39 is 0 Å². The van der Waals surface area contributed by atoms with Gasteiger partial charge in [-0.25, -0.2) is 4.79 Å². The van der Waals surface area contributed by atoms with E-state index in [1.807, 2.05) is 60.4 Å². The van der Waals surface area contributed by atoms with E-state index in [4.69, 9.17) is 0 Å². The van der Waals surface area contributed by atoms with Crippen molar-refractivity contribution < 1.29 is 9.59 Å². The van der Waals surface area contributed by atoms with Gasteiger partial charge in [0.05, 0.1) is 5.52 Å². The number of nitrogens with one attached hydrogen (secondary N) is 3. The second-order valence-corrected chi connectivity index (χ2v) is 7.56. The van der Waals surface area contributed by atoms with E-state index in [1.54, 1.807) is 0 Å². The Bertz CT molecular complexity index is 1010. The summed E-state index contributed by atoms with van der Waals surface area (Å²) in [5.74, 6) is 0.192. The number of aryl methyl sites for hydroxylation is 1. The third kappa shape index (κ3) is 4.39. The van der Waals surface area contributed by atoms with Crippen LogP contribution in [0.1, 0.15) is 28.9 Å². The van der Waals surface area contributed by atoms with Crippen LogP contribution in [0.4, 0.5) is 10.5 Å². The molecule has 29 heavy (non-hydrogen) atoms. The van der Waals surface area contributed by atoms with Crippen LogP contribution in [-0.4, -0.2) is 46.7 Å². The van der Waals surface area contributed by atoms with Gasteiger partial charge in [0.2, 0.25) is 0 Å². The number of aromatic nitrogens is 2. The molecule has 0 spiro atoms. The summed E-state index contributed by atoms with van der Waals surface area (Å²) in [5.41, 5.74) is 3.18. The second kappa shape index (κ2) is 8.34. The summed E-state index contributed by atoms with van der Waals surface area (Å²) < 4.78 is 0. The Kier molecular flexibility index (Phi) is 5.46. The zero-order valence-corrected chi connectivity index (χ0v) is 16.4. The first-order valence-electron chi connectivity index (χ1n) is 9.94. The molecule has 2 heterocycles. The van der Waals surface area contributed by atoms with Gasteiger partial charge in [-0.1, -0.05) is 29.8 Å². The van der Waals surface area contributed by atoms with Gasteiger partial charge in [0.15, 0.2) is 5.69 Å². The third-order valence-electron chi connectivity index (χ3n) is 5.41. The molecule has 7 heteroatoms. The fourth-order valence-electron chi connectivity index (χ4n) is 3.69. The molecule has 0 bridgehead atoms. The topological polar surface area (TPSA) is 90.1 Å². The molecule has 1 aliphatic heterocycles. The number of fused-ring (bicyclic) bond motifs is 1. The fourth-order valence-corrected chi connectivity index (χ4v) is 3.69. The minimum Gasteiger partial charge on any atom is -0.350 e. The van der Waals surface area contributed by atoms with Crippen LogP contribution in [0.3, 0.4) is 0 Å². The van der Waals surface area contributed by atoms with Crippen LogP contribution in [0, 0.1) is 12.8 Å². The molecule has 0 aliphatic carbocycles. The molecule has 0 unspecified atom stereocenters. The van der Waals surface area contributed by atoms with Crippen molar-refractivity contribution in [1.82, 2.24) is 20.4 Å². The highest BCUT2D eigenvalue weighted by Crippen LogP contribution is 2.20. The largest absolute Gasteiger partial charge is 0.350 e. The fraction of sp³-hybridized carbons (Fsp3) is 0.318. The first-order valence-corrected chi connectivity index (χ1v) is 9.94. The highest BCUT2D eigenvalue weighted by Gasteiger charge is 2.24.